The topological polar surface area (TPSA) is 24.5 Å². The molecule has 1 fully saturated rings. The van der Waals surface area contributed by atoms with Gasteiger partial charge >= 0.3 is 0 Å². The molecule has 0 radical (unpaired) electrons. The third-order valence-electron chi connectivity index (χ3n) is 3.36. The molecule has 0 aromatic heterocycles. The van der Waals surface area contributed by atoms with Crippen LogP contribution in [0.5, 0.6) is 0 Å². The number of hydrogen-bond acceptors (Lipinski definition) is 3. The minimum atomic E-state index is 0.678. The number of nitrogens with zero attached hydrogens (tertiary/aromatic N) is 1. The van der Waals surface area contributed by atoms with Crippen molar-refractivity contribution in [2.45, 2.75) is 45.2 Å². The first-order valence-corrected chi connectivity index (χ1v) is 6.24. The Bertz CT molecular complexity index is 164. The Labute approximate surface area is 94.2 Å². The van der Waals surface area contributed by atoms with Crippen molar-refractivity contribution in [2.75, 3.05) is 33.4 Å². The highest BCUT2D eigenvalue weighted by molar-refractivity contribution is 4.79. The van der Waals surface area contributed by atoms with Gasteiger partial charge in [-0.25, -0.2) is 0 Å². The molecule has 90 valence electrons. The minimum Gasteiger partial charge on any atom is -0.385 e. The second-order valence-electron chi connectivity index (χ2n) is 4.54. The van der Waals surface area contributed by atoms with Gasteiger partial charge in [0, 0.05) is 38.9 Å². The van der Waals surface area contributed by atoms with Crippen molar-refractivity contribution in [2.24, 2.45) is 0 Å². The zero-order valence-corrected chi connectivity index (χ0v) is 10.5. The molecule has 0 aromatic carbocycles. The summed E-state index contributed by atoms with van der Waals surface area (Å²) in [6.45, 7) is 9.02. The van der Waals surface area contributed by atoms with Crippen molar-refractivity contribution >= 4 is 0 Å². The van der Waals surface area contributed by atoms with Crippen LogP contribution in [-0.4, -0.2) is 50.3 Å². The van der Waals surface area contributed by atoms with Gasteiger partial charge in [0.25, 0.3) is 0 Å². The van der Waals surface area contributed by atoms with Gasteiger partial charge in [-0.1, -0.05) is 6.92 Å². The van der Waals surface area contributed by atoms with E-state index >= 15 is 0 Å². The van der Waals surface area contributed by atoms with E-state index in [0.717, 1.165) is 13.0 Å². The van der Waals surface area contributed by atoms with Crippen LogP contribution in [-0.2, 0) is 4.74 Å². The summed E-state index contributed by atoms with van der Waals surface area (Å²) in [5, 5.41) is 3.61. The van der Waals surface area contributed by atoms with E-state index in [2.05, 4.69) is 24.1 Å². The standard InChI is InChI=1S/C12H26N2O/c1-4-12-10-14(8-5-9-15-3)11(2)6-7-13-12/h11-13H,4-10H2,1-3H3. The summed E-state index contributed by atoms with van der Waals surface area (Å²) in [6, 6.07) is 1.39. The molecule has 15 heavy (non-hydrogen) atoms. The van der Waals surface area contributed by atoms with Crippen molar-refractivity contribution in [3.8, 4) is 0 Å². The van der Waals surface area contributed by atoms with Gasteiger partial charge in [-0.3, -0.25) is 4.90 Å². The molecule has 1 aliphatic rings. The Kier molecular flexibility index (Phi) is 6.22. The molecule has 0 aromatic rings. The number of rotatable bonds is 5. The van der Waals surface area contributed by atoms with Crippen LogP contribution in [0.15, 0.2) is 0 Å². The van der Waals surface area contributed by atoms with Gasteiger partial charge in [-0.2, -0.15) is 0 Å². The van der Waals surface area contributed by atoms with E-state index in [4.69, 9.17) is 4.74 Å². The van der Waals surface area contributed by atoms with E-state index in [1.807, 2.05) is 0 Å². The van der Waals surface area contributed by atoms with Gasteiger partial charge in [0.2, 0.25) is 0 Å². The average molecular weight is 214 g/mol. The van der Waals surface area contributed by atoms with E-state index in [-0.39, 0.29) is 0 Å². The van der Waals surface area contributed by atoms with Crippen molar-refractivity contribution in [1.29, 1.82) is 0 Å². The first-order valence-electron chi connectivity index (χ1n) is 6.24. The molecule has 1 rings (SSSR count). The lowest BCUT2D eigenvalue weighted by Gasteiger charge is -2.28. The van der Waals surface area contributed by atoms with Crippen LogP contribution in [0.3, 0.4) is 0 Å². The molecule has 0 aliphatic carbocycles. The quantitative estimate of drug-likeness (QED) is 0.702. The molecule has 3 heteroatoms. The molecular formula is C12H26N2O. The highest BCUT2D eigenvalue weighted by Crippen LogP contribution is 2.10. The Hall–Kier alpha value is -0.120. The molecule has 2 unspecified atom stereocenters. The van der Waals surface area contributed by atoms with Crippen LogP contribution in [0.4, 0.5) is 0 Å². The van der Waals surface area contributed by atoms with Gasteiger partial charge < -0.3 is 10.1 Å². The number of hydrogen-bond donors (Lipinski definition) is 1. The Balaban J connectivity index is 2.35. The predicted octanol–water partition coefficient (Wildman–Crippen LogP) is 1.49. The molecule has 3 nitrogen and oxygen atoms in total. The third kappa shape index (κ3) is 4.49. The molecular weight excluding hydrogens is 188 g/mol. The molecule has 2 atom stereocenters. The van der Waals surface area contributed by atoms with Crippen molar-refractivity contribution in [3.63, 3.8) is 0 Å². The number of ether oxygens (including phenoxy) is 1. The monoisotopic (exact) mass is 214 g/mol. The normalized spacial score (nSPS) is 29.0. The average Bonchev–Trinajstić information content (AvgIpc) is 2.42. The summed E-state index contributed by atoms with van der Waals surface area (Å²) in [7, 11) is 1.78. The lowest BCUT2D eigenvalue weighted by Crippen LogP contribution is -2.40. The lowest BCUT2D eigenvalue weighted by molar-refractivity contribution is 0.151. The molecule has 0 saturated carbocycles. The van der Waals surface area contributed by atoms with Gasteiger partial charge in [0.15, 0.2) is 0 Å². The van der Waals surface area contributed by atoms with Crippen molar-refractivity contribution in [1.82, 2.24) is 10.2 Å². The van der Waals surface area contributed by atoms with E-state index in [0.29, 0.717) is 12.1 Å². The summed E-state index contributed by atoms with van der Waals surface area (Å²) in [5.74, 6) is 0. The second-order valence-corrected chi connectivity index (χ2v) is 4.54. The predicted molar refractivity (Wildman–Crippen MR) is 64.2 cm³/mol. The zero-order chi connectivity index (χ0) is 11.1. The highest BCUT2D eigenvalue weighted by Gasteiger charge is 2.20. The lowest BCUT2D eigenvalue weighted by atomic mass is 10.2. The molecule has 0 bridgehead atoms. The molecule has 1 heterocycles. The summed E-state index contributed by atoms with van der Waals surface area (Å²) >= 11 is 0. The van der Waals surface area contributed by atoms with E-state index < -0.39 is 0 Å². The van der Waals surface area contributed by atoms with Crippen LogP contribution < -0.4 is 5.32 Å². The smallest absolute Gasteiger partial charge is 0.0474 e. The first kappa shape index (κ1) is 12.9. The zero-order valence-electron chi connectivity index (χ0n) is 10.5. The maximum absolute atomic E-state index is 5.11. The van der Waals surface area contributed by atoms with Gasteiger partial charge in [0.05, 0.1) is 0 Å². The summed E-state index contributed by atoms with van der Waals surface area (Å²) in [5.41, 5.74) is 0. The van der Waals surface area contributed by atoms with Gasteiger partial charge in [0.1, 0.15) is 0 Å². The fourth-order valence-corrected chi connectivity index (χ4v) is 2.20. The Morgan fingerprint density at radius 3 is 2.93 bits per heavy atom. The fraction of sp³-hybridized carbons (Fsp3) is 1.00. The second kappa shape index (κ2) is 7.20. The summed E-state index contributed by atoms with van der Waals surface area (Å²) < 4.78 is 5.11. The molecule has 1 saturated heterocycles. The Morgan fingerprint density at radius 2 is 2.27 bits per heavy atom. The van der Waals surface area contributed by atoms with Crippen LogP contribution in [0.1, 0.15) is 33.1 Å². The number of nitrogens with one attached hydrogen (secondary N) is 1. The first-order chi connectivity index (χ1) is 7.27. The highest BCUT2D eigenvalue weighted by atomic mass is 16.5. The van der Waals surface area contributed by atoms with Crippen LogP contribution >= 0.6 is 0 Å². The van der Waals surface area contributed by atoms with Crippen LogP contribution in [0.25, 0.3) is 0 Å². The Morgan fingerprint density at radius 1 is 1.47 bits per heavy atom. The van der Waals surface area contributed by atoms with E-state index in [1.165, 1.54) is 32.5 Å². The van der Waals surface area contributed by atoms with Crippen LogP contribution in [0.2, 0.25) is 0 Å². The van der Waals surface area contributed by atoms with E-state index in [9.17, 15) is 0 Å². The SMILES string of the molecule is CCC1CN(CCCOC)C(C)CCN1. The van der Waals surface area contributed by atoms with E-state index in [1.54, 1.807) is 7.11 Å². The third-order valence-corrected chi connectivity index (χ3v) is 3.36. The largest absolute Gasteiger partial charge is 0.385 e. The molecule has 0 amide bonds. The van der Waals surface area contributed by atoms with Crippen molar-refractivity contribution in [3.05, 3.63) is 0 Å². The number of methoxy groups -OCH3 is 1. The maximum Gasteiger partial charge on any atom is 0.0474 e. The summed E-state index contributed by atoms with van der Waals surface area (Å²) in [6.07, 6.45) is 3.65. The molecule has 1 aliphatic heterocycles. The van der Waals surface area contributed by atoms with Gasteiger partial charge in [-0.05, 0) is 32.7 Å². The van der Waals surface area contributed by atoms with Crippen LogP contribution in [0, 0.1) is 0 Å². The molecule has 0 spiro atoms. The molecule has 1 N–H and O–H groups in total. The maximum atomic E-state index is 5.11. The van der Waals surface area contributed by atoms with Crippen molar-refractivity contribution < 1.29 is 4.74 Å². The fourth-order valence-electron chi connectivity index (χ4n) is 2.20. The summed E-state index contributed by atoms with van der Waals surface area (Å²) in [4.78, 5) is 2.60. The van der Waals surface area contributed by atoms with Gasteiger partial charge in [-0.15, -0.1) is 0 Å². The minimum absolute atomic E-state index is 0.678.